The van der Waals surface area contributed by atoms with Gasteiger partial charge < -0.3 is 15.1 Å². The molecule has 92 valence electrons. The van der Waals surface area contributed by atoms with Crippen LogP contribution >= 0.6 is 0 Å². The second kappa shape index (κ2) is 6.66. The Morgan fingerprint density at radius 1 is 1.56 bits per heavy atom. The molecule has 0 radical (unpaired) electrons. The fourth-order valence-corrected chi connectivity index (χ4v) is 1.88. The number of hydrogen-bond acceptors (Lipinski definition) is 3. The Morgan fingerprint density at radius 3 is 2.94 bits per heavy atom. The lowest BCUT2D eigenvalue weighted by atomic mass is 10.1. The summed E-state index contributed by atoms with van der Waals surface area (Å²) in [7, 11) is 5.94. The van der Waals surface area contributed by atoms with Crippen LogP contribution in [0.15, 0.2) is 12.2 Å². The van der Waals surface area contributed by atoms with Crippen molar-refractivity contribution in [3.05, 3.63) is 12.2 Å². The summed E-state index contributed by atoms with van der Waals surface area (Å²) < 4.78 is 0. The lowest BCUT2D eigenvalue weighted by Crippen LogP contribution is -2.46. The molecule has 1 N–H and O–H groups in total. The molecule has 1 saturated heterocycles. The van der Waals surface area contributed by atoms with Crippen LogP contribution in [-0.4, -0.2) is 62.5 Å². The Hall–Kier alpha value is -0.870. The fourth-order valence-electron chi connectivity index (χ4n) is 1.88. The molecule has 0 spiro atoms. The number of carbonyl (C=O) groups excluding carboxylic acids is 1. The van der Waals surface area contributed by atoms with E-state index in [-0.39, 0.29) is 5.91 Å². The molecule has 1 fully saturated rings. The van der Waals surface area contributed by atoms with E-state index in [2.05, 4.69) is 5.32 Å². The van der Waals surface area contributed by atoms with Gasteiger partial charge in [0.05, 0.1) is 0 Å². The zero-order chi connectivity index (χ0) is 12.0. The van der Waals surface area contributed by atoms with Crippen LogP contribution in [0, 0.1) is 0 Å². The minimum atomic E-state index is 0.141. The van der Waals surface area contributed by atoms with E-state index in [1.165, 1.54) is 6.42 Å². The predicted molar refractivity (Wildman–Crippen MR) is 66.4 cm³/mol. The number of carbonyl (C=O) groups is 1. The third kappa shape index (κ3) is 4.33. The van der Waals surface area contributed by atoms with Gasteiger partial charge in [-0.25, -0.2) is 0 Å². The van der Waals surface area contributed by atoms with Gasteiger partial charge in [-0.05, 0) is 34.0 Å². The highest BCUT2D eigenvalue weighted by molar-refractivity contribution is 5.87. The van der Waals surface area contributed by atoms with E-state index in [0.29, 0.717) is 6.04 Å². The first kappa shape index (κ1) is 13.2. The zero-order valence-corrected chi connectivity index (χ0v) is 10.6. The molecule has 1 unspecified atom stereocenters. The summed E-state index contributed by atoms with van der Waals surface area (Å²) in [4.78, 5) is 15.8. The predicted octanol–water partition coefficient (Wildman–Crippen LogP) is 0.315. The van der Waals surface area contributed by atoms with Gasteiger partial charge in [0.15, 0.2) is 0 Å². The van der Waals surface area contributed by atoms with Crippen molar-refractivity contribution < 1.29 is 4.79 Å². The highest BCUT2D eigenvalue weighted by Crippen LogP contribution is 2.09. The third-order valence-electron chi connectivity index (χ3n) is 2.87. The van der Waals surface area contributed by atoms with Gasteiger partial charge in [-0.1, -0.05) is 6.08 Å². The first-order valence-electron chi connectivity index (χ1n) is 5.91. The summed E-state index contributed by atoms with van der Waals surface area (Å²) in [6.45, 7) is 2.54. The van der Waals surface area contributed by atoms with Gasteiger partial charge in [0.2, 0.25) is 5.91 Å². The minimum absolute atomic E-state index is 0.141. The largest absolute Gasteiger partial charge is 0.338 e. The second-order valence-electron chi connectivity index (χ2n) is 4.58. The summed E-state index contributed by atoms with van der Waals surface area (Å²) >= 11 is 0. The summed E-state index contributed by atoms with van der Waals surface area (Å²) in [5.74, 6) is 0.141. The highest BCUT2D eigenvalue weighted by atomic mass is 16.2. The molecular formula is C12H23N3O. The Morgan fingerprint density at radius 2 is 2.31 bits per heavy atom. The average Bonchev–Trinajstić information content (AvgIpc) is 2.28. The quantitative estimate of drug-likeness (QED) is 0.700. The van der Waals surface area contributed by atoms with E-state index in [0.717, 1.165) is 26.1 Å². The maximum Gasteiger partial charge on any atom is 0.246 e. The van der Waals surface area contributed by atoms with Gasteiger partial charge in [0, 0.05) is 31.8 Å². The number of amides is 1. The Kier molecular flexibility index (Phi) is 5.49. The molecule has 1 aliphatic heterocycles. The number of piperidine rings is 1. The molecule has 1 atom stereocenters. The number of nitrogens with one attached hydrogen (secondary N) is 1. The molecule has 1 heterocycles. The SMILES string of the molecule is CNC1CCCN(C(=O)C=CCN(C)C)C1. The molecule has 0 aromatic carbocycles. The molecule has 16 heavy (non-hydrogen) atoms. The minimum Gasteiger partial charge on any atom is -0.338 e. The molecule has 0 bridgehead atoms. The van der Waals surface area contributed by atoms with Crippen molar-refractivity contribution in [1.82, 2.24) is 15.1 Å². The molecule has 0 saturated carbocycles. The van der Waals surface area contributed by atoms with Gasteiger partial charge in [-0.3, -0.25) is 4.79 Å². The van der Waals surface area contributed by atoms with Crippen LogP contribution < -0.4 is 5.32 Å². The topological polar surface area (TPSA) is 35.6 Å². The van der Waals surface area contributed by atoms with Crippen LogP contribution in [0.5, 0.6) is 0 Å². The van der Waals surface area contributed by atoms with Crippen molar-refractivity contribution >= 4 is 5.91 Å². The van der Waals surface area contributed by atoms with Crippen molar-refractivity contribution in [2.24, 2.45) is 0 Å². The number of likely N-dealkylation sites (tertiary alicyclic amines) is 1. The van der Waals surface area contributed by atoms with E-state index >= 15 is 0 Å². The number of likely N-dealkylation sites (N-methyl/N-ethyl adjacent to an activating group) is 2. The maximum atomic E-state index is 11.8. The maximum absolute atomic E-state index is 11.8. The van der Waals surface area contributed by atoms with E-state index < -0.39 is 0 Å². The van der Waals surface area contributed by atoms with Gasteiger partial charge in [-0.2, -0.15) is 0 Å². The van der Waals surface area contributed by atoms with Gasteiger partial charge in [-0.15, -0.1) is 0 Å². The molecule has 0 aromatic heterocycles. The normalized spacial score (nSPS) is 22.0. The highest BCUT2D eigenvalue weighted by Gasteiger charge is 2.20. The third-order valence-corrected chi connectivity index (χ3v) is 2.87. The summed E-state index contributed by atoms with van der Waals surface area (Å²) in [6, 6.07) is 0.458. The summed E-state index contributed by atoms with van der Waals surface area (Å²) in [5.41, 5.74) is 0. The van der Waals surface area contributed by atoms with Crippen molar-refractivity contribution in [3.8, 4) is 0 Å². The molecule has 1 rings (SSSR count). The van der Waals surface area contributed by atoms with Crippen molar-refractivity contribution in [2.45, 2.75) is 18.9 Å². The number of rotatable bonds is 4. The first-order valence-corrected chi connectivity index (χ1v) is 5.91. The van der Waals surface area contributed by atoms with Crippen molar-refractivity contribution in [3.63, 3.8) is 0 Å². The second-order valence-corrected chi connectivity index (χ2v) is 4.58. The Bertz CT molecular complexity index is 251. The Labute approximate surface area is 98.3 Å². The number of nitrogens with zero attached hydrogens (tertiary/aromatic N) is 2. The van der Waals surface area contributed by atoms with Crippen LogP contribution in [0.2, 0.25) is 0 Å². The molecule has 0 aliphatic carbocycles. The lowest BCUT2D eigenvalue weighted by Gasteiger charge is -2.31. The monoisotopic (exact) mass is 225 g/mol. The van der Waals surface area contributed by atoms with Crippen LogP contribution in [0.1, 0.15) is 12.8 Å². The smallest absolute Gasteiger partial charge is 0.246 e. The summed E-state index contributed by atoms with van der Waals surface area (Å²) in [5, 5.41) is 3.24. The van der Waals surface area contributed by atoms with Crippen LogP contribution in [0.25, 0.3) is 0 Å². The lowest BCUT2D eigenvalue weighted by molar-refractivity contribution is -0.127. The van der Waals surface area contributed by atoms with E-state index in [9.17, 15) is 4.79 Å². The molecule has 0 aromatic rings. The van der Waals surface area contributed by atoms with Gasteiger partial charge in [0.1, 0.15) is 0 Å². The molecule has 4 nitrogen and oxygen atoms in total. The molecule has 1 amide bonds. The van der Waals surface area contributed by atoms with E-state index in [1.807, 2.05) is 37.0 Å². The molecule has 4 heteroatoms. The van der Waals surface area contributed by atoms with E-state index in [1.54, 1.807) is 6.08 Å². The first-order chi connectivity index (χ1) is 7.63. The average molecular weight is 225 g/mol. The van der Waals surface area contributed by atoms with Crippen LogP contribution in [0.4, 0.5) is 0 Å². The summed E-state index contributed by atoms with van der Waals surface area (Å²) in [6.07, 6.45) is 5.88. The van der Waals surface area contributed by atoms with E-state index in [4.69, 9.17) is 0 Å². The van der Waals surface area contributed by atoms with Crippen molar-refractivity contribution in [1.29, 1.82) is 0 Å². The number of hydrogen-bond donors (Lipinski definition) is 1. The van der Waals surface area contributed by atoms with Gasteiger partial charge >= 0.3 is 0 Å². The van der Waals surface area contributed by atoms with Crippen LogP contribution in [0.3, 0.4) is 0 Å². The fraction of sp³-hybridized carbons (Fsp3) is 0.750. The van der Waals surface area contributed by atoms with Crippen LogP contribution in [-0.2, 0) is 4.79 Å². The van der Waals surface area contributed by atoms with Gasteiger partial charge in [0.25, 0.3) is 0 Å². The zero-order valence-electron chi connectivity index (χ0n) is 10.6. The molecule has 1 aliphatic rings. The molecular weight excluding hydrogens is 202 g/mol. The Balaban J connectivity index is 2.38. The standard InChI is InChI=1S/C12H23N3O/c1-13-11-6-4-9-15(10-11)12(16)7-5-8-14(2)3/h5,7,11,13H,4,6,8-10H2,1-3H3. The van der Waals surface area contributed by atoms with Crippen molar-refractivity contribution in [2.75, 3.05) is 40.8 Å².